The number of nitrogens with one attached hydrogen (secondary N) is 2. The van der Waals surface area contributed by atoms with Crippen LogP contribution in [0.1, 0.15) is 59.3 Å². The summed E-state index contributed by atoms with van der Waals surface area (Å²) in [7, 11) is 0. The molecule has 4 nitrogen and oxygen atoms in total. The second-order valence-electron chi connectivity index (χ2n) is 7.27. The van der Waals surface area contributed by atoms with Crippen LogP contribution in [0.4, 0.5) is 0 Å². The van der Waals surface area contributed by atoms with E-state index in [1.807, 2.05) is 0 Å². The molecule has 3 N–H and O–H groups in total. The Kier molecular flexibility index (Phi) is 7.24. The van der Waals surface area contributed by atoms with E-state index in [0.717, 1.165) is 44.9 Å². The summed E-state index contributed by atoms with van der Waals surface area (Å²) in [5, 5.41) is 17.0. The monoisotopic (exact) mass is 409 g/mol. The summed E-state index contributed by atoms with van der Waals surface area (Å²) in [5.41, 5.74) is 0.425. The van der Waals surface area contributed by atoms with Crippen molar-refractivity contribution in [3.05, 3.63) is 0 Å². The van der Waals surface area contributed by atoms with Gasteiger partial charge in [-0.2, -0.15) is 0 Å². The third kappa shape index (κ3) is 5.58. The number of halogens is 1. The van der Waals surface area contributed by atoms with Crippen molar-refractivity contribution in [2.75, 3.05) is 19.6 Å². The van der Waals surface area contributed by atoms with E-state index in [0.29, 0.717) is 5.41 Å². The Morgan fingerprint density at radius 3 is 2.48 bits per heavy atom. The molecule has 2 fully saturated rings. The first-order valence-corrected chi connectivity index (χ1v) is 8.18. The van der Waals surface area contributed by atoms with Crippen molar-refractivity contribution in [1.29, 1.82) is 0 Å². The van der Waals surface area contributed by atoms with Gasteiger partial charge in [0.05, 0.1) is 6.10 Å². The van der Waals surface area contributed by atoms with E-state index < -0.39 is 0 Å². The number of aliphatic hydroxyl groups excluding tert-OH is 1. The van der Waals surface area contributed by atoms with E-state index in [2.05, 4.69) is 31.4 Å². The first-order chi connectivity index (χ1) is 9.47. The minimum Gasteiger partial charge on any atom is -0.392 e. The minimum absolute atomic E-state index is 0. The fraction of sp³-hybridized carbons (Fsp3) is 0.938. The lowest BCUT2D eigenvalue weighted by Gasteiger charge is -2.38. The van der Waals surface area contributed by atoms with Gasteiger partial charge in [0.2, 0.25) is 0 Å². The molecule has 124 valence electrons. The molecule has 0 bridgehead atoms. The molecule has 0 amide bonds. The summed E-state index contributed by atoms with van der Waals surface area (Å²) in [5.74, 6) is 0.902. The Bertz CT molecular complexity index is 357. The predicted octanol–water partition coefficient (Wildman–Crippen LogP) is 2.90. The molecule has 5 heteroatoms. The molecule has 2 atom stereocenters. The van der Waals surface area contributed by atoms with E-state index in [1.165, 1.54) is 19.3 Å². The number of rotatable bonds is 5. The Labute approximate surface area is 146 Å². The van der Waals surface area contributed by atoms with Crippen LogP contribution in [-0.4, -0.2) is 36.8 Å². The quantitative estimate of drug-likeness (QED) is 0.372. The van der Waals surface area contributed by atoms with Gasteiger partial charge in [-0.3, -0.25) is 4.99 Å². The Hall–Kier alpha value is -0.0400. The molecule has 0 aromatic carbocycles. The van der Waals surface area contributed by atoms with Gasteiger partial charge in [-0.1, -0.05) is 26.7 Å². The topological polar surface area (TPSA) is 56.7 Å². The molecule has 0 heterocycles. The van der Waals surface area contributed by atoms with E-state index >= 15 is 0 Å². The van der Waals surface area contributed by atoms with Crippen LogP contribution in [0.5, 0.6) is 0 Å². The smallest absolute Gasteiger partial charge is 0.191 e. The largest absolute Gasteiger partial charge is 0.392 e. The molecule has 0 aromatic heterocycles. The highest BCUT2D eigenvalue weighted by molar-refractivity contribution is 14.0. The first-order valence-electron chi connectivity index (χ1n) is 8.18. The fourth-order valence-corrected chi connectivity index (χ4v) is 2.86. The van der Waals surface area contributed by atoms with Crippen LogP contribution in [-0.2, 0) is 0 Å². The maximum atomic E-state index is 10.2. The van der Waals surface area contributed by atoms with Crippen molar-refractivity contribution in [2.24, 2.45) is 15.8 Å². The number of nitrogens with zero attached hydrogens (tertiary/aromatic N) is 1. The SMILES string of the molecule is CCNC(=NCC1(C)CC1)NCC1(C)CCCCC1O.I. The number of hydrogen-bond donors (Lipinski definition) is 3. The first kappa shape index (κ1) is 19.0. The second-order valence-corrected chi connectivity index (χ2v) is 7.27. The molecule has 2 unspecified atom stereocenters. The third-order valence-corrected chi connectivity index (χ3v) is 5.01. The maximum Gasteiger partial charge on any atom is 0.191 e. The van der Waals surface area contributed by atoms with Crippen molar-refractivity contribution in [3.63, 3.8) is 0 Å². The van der Waals surface area contributed by atoms with Crippen LogP contribution >= 0.6 is 24.0 Å². The van der Waals surface area contributed by atoms with Crippen LogP contribution in [0, 0.1) is 10.8 Å². The van der Waals surface area contributed by atoms with Gasteiger partial charge < -0.3 is 15.7 Å². The van der Waals surface area contributed by atoms with Gasteiger partial charge in [-0.05, 0) is 38.0 Å². The molecule has 2 aliphatic rings. The van der Waals surface area contributed by atoms with Crippen LogP contribution in [0.25, 0.3) is 0 Å². The van der Waals surface area contributed by atoms with Gasteiger partial charge in [-0.15, -0.1) is 24.0 Å². The molecule has 0 saturated heterocycles. The summed E-state index contributed by atoms with van der Waals surface area (Å²) in [6.45, 7) is 9.16. The number of aliphatic hydroxyl groups is 1. The fourth-order valence-electron chi connectivity index (χ4n) is 2.86. The van der Waals surface area contributed by atoms with Crippen molar-refractivity contribution in [1.82, 2.24) is 10.6 Å². The maximum absolute atomic E-state index is 10.2. The zero-order valence-corrected chi connectivity index (χ0v) is 16.1. The lowest BCUT2D eigenvalue weighted by molar-refractivity contribution is 0.00397. The van der Waals surface area contributed by atoms with Gasteiger partial charge >= 0.3 is 0 Å². The van der Waals surface area contributed by atoms with E-state index in [9.17, 15) is 5.11 Å². The second kappa shape index (κ2) is 7.99. The summed E-state index contributed by atoms with van der Waals surface area (Å²) in [6.07, 6.45) is 6.82. The van der Waals surface area contributed by atoms with Gasteiger partial charge in [0, 0.05) is 25.0 Å². The average molecular weight is 409 g/mol. The Morgan fingerprint density at radius 1 is 1.19 bits per heavy atom. The van der Waals surface area contributed by atoms with Gasteiger partial charge in [0.15, 0.2) is 5.96 Å². The van der Waals surface area contributed by atoms with E-state index in [1.54, 1.807) is 0 Å². The Balaban J connectivity index is 0.00000220. The summed E-state index contributed by atoms with van der Waals surface area (Å²) in [4.78, 5) is 4.70. The summed E-state index contributed by atoms with van der Waals surface area (Å²) >= 11 is 0. The van der Waals surface area contributed by atoms with Crippen molar-refractivity contribution < 1.29 is 5.11 Å². The molecule has 0 aromatic rings. The lowest BCUT2D eigenvalue weighted by atomic mass is 9.73. The zero-order valence-electron chi connectivity index (χ0n) is 13.7. The molecule has 2 saturated carbocycles. The van der Waals surface area contributed by atoms with E-state index in [-0.39, 0.29) is 35.5 Å². The van der Waals surface area contributed by atoms with Gasteiger partial charge in [-0.25, -0.2) is 0 Å². The number of hydrogen-bond acceptors (Lipinski definition) is 2. The molecular weight excluding hydrogens is 377 g/mol. The molecule has 2 rings (SSSR count). The highest BCUT2D eigenvalue weighted by Crippen LogP contribution is 2.45. The van der Waals surface area contributed by atoms with Crippen LogP contribution in [0.3, 0.4) is 0 Å². The third-order valence-electron chi connectivity index (χ3n) is 5.01. The summed E-state index contributed by atoms with van der Waals surface area (Å²) < 4.78 is 0. The van der Waals surface area contributed by atoms with Crippen molar-refractivity contribution >= 4 is 29.9 Å². The standard InChI is InChI=1S/C16H31N3O.HI/c1-4-17-14(18-11-15(2)9-10-15)19-12-16(3)8-6-5-7-13(16)20;/h13,20H,4-12H2,1-3H3,(H2,17,18,19);1H. The van der Waals surface area contributed by atoms with Crippen LogP contribution in [0.2, 0.25) is 0 Å². The Morgan fingerprint density at radius 2 is 1.90 bits per heavy atom. The molecule has 2 aliphatic carbocycles. The zero-order chi connectivity index (χ0) is 14.6. The lowest BCUT2D eigenvalue weighted by Crippen LogP contribution is -2.48. The normalized spacial score (nSPS) is 31.2. The highest BCUT2D eigenvalue weighted by atomic mass is 127. The van der Waals surface area contributed by atoms with Crippen LogP contribution in [0.15, 0.2) is 4.99 Å². The molecular formula is C16H32IN3O. The number of aliphatic imine (C=N–C) groups is 1. The minimum atomic E-state index is -0.187. The van der Waals surface area contributed by atoms with Gasteiger partial charge in [0.1, 0.15) is 0 Å². The van der Waals surface area contributed by atoms with Gasteiger partial charge in [0.25, 0.3) is 0 Å². The van der Waals surface area contributed by atoms with Crippen molar-refractivity contribution in [2.45, 2.75) is 65.4 Å². The molecule has 0 radical (unpaired) electrons. The van der Waals surface area contributed by atoms with Crippen LogP contribution < -0.4 is 10.6 Å². The number of guanidine groups is 1. The van der Waals surface area contributed by atoms with Crippen molar-refractivity contribution in [3.8, 4) is 0 Å². The highest BCUT2D eigenvalue weighted by Gasteiger charge is 2.37. The predicted molar refractivity (Wildman–Crippen MR) is 99.3 cm³/mol. The molecule has 0 spiro atoms. The summed E-state index contributed by atoms with van der Waals surface area (Å²) in [6, 6.07) is 0. The average Bonchev–Trinajstić information content (AvgIpc) is 3.15. The molecule has 0 aliphatic heterocycles. The molecule has 21 heavy (non-hydrogen) atoms. The van der Waals surface area contributed by atoms with E-state index in [4.69, 9.17) is 4.99 Å².